The Morgan fingerprint density at radius 3 is 2.36 bits per heavy atom. The maximum absolute atomic E-state index is 11.8. The van der Waals surface area contributed by atoms with E-state index in [1.54, 1.807) is 0 Å². The summed E-state index contributed by atoms with van der Waals surface area (Å²) in [6.45, 7) is 7.47. The van der Waals surface area contributed by atoms with Gasteiger partial charge in [0.1, 0.15) is 13.1 Å². The van der Waals surface area contributed by atoms with Crippen LogP contribution in [0, 0.1) is 11.1 Å². The molecule has 0 radical (unpaired) electrons. The molecule has 0 aromatic carbocycles. The van der Waals surface area contributed by atoms with E-state index in [4.69, 9.17) is 4.74 Å². The molecule has 66 valence electrons. The number of hydroxylamine groups is 3. The minimum Gasteiger partial charge on any atom is -0.633 e. The van der Waals surface area contributed by atoms with Crippen LogP contribution < -0.4 is 0 Å². The summed E-state index contributed by atoms with van der Waals surface area (Å²) in [6, 6.07) is 0. The highest BCUT2D eigenvalue weighted by molar-refractivity contribution is 4.52. The van der Waals surface area contributed by atoms with Crippen LogP contribution in [-0.4, -0.2) is 37.5 Å². The van der Waals surface area contributed by atoms with E-state index in [0.29, 0.717) is 32.2 Å². The van der Waals surface area contributed by atoms with Crippen LogP contribution in [0.5, 0.6) is 0 Å². The monoisotopic (exact) mass is 159 g/mol. The average Bonchev–Trinajstić information content (AvgIpc) is 1.85. The molecule has 0 aromatic rings. The zero-order valence-electron chi connectivity index (χ0n) is 7.38. The molecule has 1 saturated heterocycles. The van der Waals surface area contributed by atoms with Crippen molar-refractivity contribution in [3.05, 3.63) is 5.21 Å². The third-order valence-corrected chi connectivity index (χ3v) is 1.98. The lowest BCUT2D eigenvalue weighted by atomic mass is 10.2. The van der Waals surface area contributed by atoms with Gasteiger partial charge in [-0.3, -0.25) is 0 Å². The van der Waals surface area contributed by atoms with Crippen LogP contribution in [0.4, 0.5) is 0 Å². The van der Waals surface area contributed by atoms with Crippen molar-refractivity contribution in [2.75, 3.05) is 32.8 Å². The molecular formula is C8H17NO2. The van der Waals surface area contributed by atoms with Crippen molar-refractivity contribution in [1.82, 2.24) is 0 Å². The van der Waals surface area contributed by atoms with Crippen LogP contribution in [0.1, 0.15) is 13.8 Å². The van der Waals surface area contributed by atoms with Crippen molar-refractivity contribution in [3.8, 4) is 0 Å². The summed E-state index contributed by atoms with van der Waals surface area (Å²) in [5.41, 5.74) is 0. The summed E-state index contributed by atoms with van der Waals surface area (Å²) in [5, 5.41) is 11.8. The van der Waals surface area contributed by atoms with Gasteiger partial charge in [-0.15, -0.1) is 0 Å². The van der Waals surface area contributed by atoms with Gasteiger partial charge in [0.05, 0.1) is 19.8 Å². The molecule has 1 aliphatic heterocycles. The standard InChI is InChI=1S/C8H17NO2/c1-8(2)7-9(10)3-5-11-6-4-9/h8H,3-7H2,1-2H3. The first kappa shape index (κ1) is 8.97. The third-order valence-electron chi connectivity index (χ3n) is 1.98. The Kier molecular flexibility index (Phi) is 2.87. The normalized spacial score (nSPS) is 24.0. The Morgan fingerprint density at radius 2 is 1.91 bits per heavy atom. The molecule has 3 nitrogen and oxygen atoms in total. The quantitative estimate of drug-likeness (QED) is 0.444. The number of quaternary nitrogens is 1. The summed E-state index contributed by atoms with van der Waals surface area (Å²) in [6.07, 6.45) is 0. The lowest BCUT2D eigenvalue weighted by molar-refractivity contribution is -0.891. The molecule has 11 heavy (non-hydrogen) atoms. The number of hydrogen-bond donors (Lipinski definition) is 0. The molecule has 0 N–H and O–H groups in total. The van der Waals surface area contributed by atoms with E-state index in [1.165, 1.54) is 0 Å². The summed E-state index contributed by atoms with van der Waals surface area (Å²) < 4.78 is 5.09. The van der Waals surface area contributed by atoms with Gasteiger partial charge in [0.2, 0.25) is 0 Å². The number of ether oxygens (including phenoxy) is 1. The number of morpholine rings is 1. The lowest BCUT2D eigenvalue weighted by Crippen LogP contribution is -2.52. The van der Waals surface area contributed by atoms with Gasteiger partial charge in [0.15, 0.2) is 0 Å². The molecule has 1 heterocycles. The van der Waals surface area contributed by atoms with Crippen LogP contribution in [0.3, 0.4) is 0 Å². The molecule has 0 spiro atoms. The van der Waals surface area contributed by atoms with Crippen LogP contribution in [-0.2, 0) is 4.74 Å². The van der Waals surface area contributed by atoms with Gasteiger partial charge in [-0.2, -0.15) is 0 Å². The third kappa shape index (κ3) is 2.77. The Morgan fingerprint density at radius 1 is 1.36 bits per heavy atom. The fourth-order valence-electron chi connectivity index (χ4n) is 1.52. The van der Waals surface area contributed by atoms with Crippen LogP contribution >= 0.6 is 0 Å². The van der Waals surface area contributed by atoms with Crippen LogP contribution in [0.2, 0.25) is 0 Å². The highest BCUT2D eigenvalue weighted by Crippen LogP contribution is 2.12. The van der Waals surface area contributed by atoms with Crippen LogP contribution in [0.15, 0.2) is 0 Å². The summed E-state index contributed by atoms with van der Waals surface area (Å²) in [5.74, 6) is 0.491. The molecule has 1 fully saturated rings. The van der Waals surface area contributed by atoms with Gasteiger partial charge in [0.25, 0.3) is 0 Å². The van der Waals surface area contributed by atoms with E-state index in [9.17, 15) is 5.21 Å². The van der Waals surface area contributed by atoms with Crippen molar-refractivity contribution >= 4 is 0 Å². The van der Waals surface area contributed by atoms with E-state index < -0.39 is 0 Å². The van der Waals surface area contributed by atoms with E-state index in [1.807, 2.05) is 0 Å². The van der Waals surface area contributed by atoms with Gasteiger partial charge in [0, 0.05) is 5.92 Å². The van der Waals surface area contributed by atoms with Crippen molar-refractivity contribution in [1.29, 1.82) is 0 Å². The SMILES string of the molecule is CC(C)C[N+]1([O-])CCOCC1. The first-order valence-electron chi connectivity index (χ1n) is 4.27. The molecule has 0 bridgehead atoms. The van der Waals surface area contributed by atoms with Crippen LogP contribution in [0.25, 0.3) is 0 Å². The van der Waals surface area contributed by atoms with Gasteiger partial charge in [-0.05, 0) is 0 Å². The topological polar surface area (TPSA) is 32.3 Å². The van der Waals surface area contributed by atoms with Crippen molar-refractivity contribution in [2.24, 2.45) is 5.92 Å². The van der Waals surface area contributed by atoms with E-state index >= 15 is 0 Å². The second-order valence-electron chi connectivity index (χ2n) is 3.69. The van der Waals surface area contributed by atoms with Gasteiger partial charge < -0.3 is 14.6 Å². The Hall–Kier alpha value is -0.120. The number of rotatable bonds is 2. The highest BCUT2D eigenvalue weighted by Gasteiger charge is 2.21. The predicted octanol–water partition coefficient (Wildman–Crippen LogP) is 0.987. The minimum atomic E-state index is -0.0440. The maximum Gasteiger partial charge on any atom is 0.102 e. The molecule has 1 aliphatic rings. The van der Waals surface area contributed by atoms with Crippen molar-refractivity contribution in [3.63, 3.8) is 0 Å². The zero-order chi connectivity index (χ0) is 8.32. The fourth-order valence-corrected chi connectivity index (χ4v) is 1.52. The van der Waals surface area contributed by atoms with Gasteiger partial charge in [-0.25, -0.2) is 0 Å². The summed E-state index contributed by atoms with van der Waals surface area (Å²) >= 11 is 0. The molecule has 0 atom stereocenters. The molecule has 0 saturated carbocycles. The highest BCUT2D eigenvalue weighted by atomic mass is 16.6. The summed E-state index contributed by atoms with van der Waals surface area (Å²) in [4.78, 5) is 0. The lowest BCUT2D eigenvalue weighted by Gasteiger charge is -2.46. The fraction of sp³-hybridized carbons (Fsp3) is 1.00. The largest absolute Gasteiger partial charge is 0.633 e. The Labute approximate surface area is 68.1 Å². The Balaban J connectivity index is 2.37. The number of nitrogens with zero attached hydrogens (tertiary/aromatic N) is 1. The predicted molar refractivity (Wildman–Crippen MR) is 43.9 cm³/mol. The van der Waals surface area contributed by atoms with Gasteiger partial charge >= 0.3 is 0 Å². The molecule has 1 rings (SSSR count). The second kappa shape index (κ2) is 3.52. The van der Waals surface area contributed by atoms with E-state index in [0.717, 1.165) is 6.54 Å². The van der Waals surface area contributed by atoms with Crippen molar-refractivity contribution in [2.45, 2.75) is 13.8 Å². The first-order chi connectivity index (χ1) is 5.12. The summed E-state index contributed by atoms with van der Waals surface area (Å²) in [7, 11) is 0. The zero-order valence-corrected chi connectivity index (χ0v) is 7.38. The number of hydrogen-bond acceptors (Lipinski definition) is 2. The maximum atomic E-state index is 11.8. The first-order valence-corrected chi connectivity index (χ1v) is 4.27. The second-order valence-corrected chi connectivity index (χ2v) is 3.69. The van der Waals surface area contributed by atoms with Crippen molar-refractivity contribution < 1.29 is 9.38 Å². The minimum absolute atomic E-state index is 0.0440. The molecule has 0 aromatic heterocycles. The molecular weight excluding hydrogens is 142 g/mol. The van der Waals surface area contributed by atoms with Gasteiger partial charge in [-0.1, -0.05) is 13.8 Å². The Bertz CT molecular complexity index is 119. The molecule has 0 aliphatic carbocycles. The smallest absolute Gasteiger partial charge is 0.102 e. The van der Waals surface area contributed by atoms with E-state index in [2.05, 4.69) is 13.8 Å². The average molecular weight is 159 g/mol. The molecule has 0 unspecified atom stereocenters. The van der Waals surface area contributed by atoms with E-state index in [-0.39, 0.29) is 4.65 Å². The molecule has 0 amide bonds. The molecule has 3 heteroatoms.